The maximum absolute atomic E-state index is 12.7. The zero-order chi connectivity index (χ0) is 21.7. The van der Waals surface area contributed by atoms with Gasteiger partial charge < -0.3 is 29.0 Å². The van der Waals surface area contributed by atoms with E-state index in [4.69, 9.17) is 23.7 Å². The number of carbonyl (C=O) groups excluding carboxylic acids is 3. The van der Waals surface area contributed by atoms with Gasteiger partial charge in [-0.1, -0.05) is 6.07 Å². The fourth-order valence-electron chi connectivity index (χ4n) is 2.91. The van der Waals surface area contributed by atoms with E-state index >= 15 is 0 Å². The Morgan fingerprint density at radius 2 is 1.90 bits per heavy atom. The molecule has 0 fully saturated rings. The summed E-state index contributed by atoms with van der Waals surface area (Å²) >= 11 is 0. The van der Waals surface area contributed by atoms with Gasteiger partial charge in [-0.05, 0) is 36.8 Å². The molecule has 2 aromatic carbocycles. The van der Waals surface area contributed by atoms with E-state index in [0.717, 1.165) is 5.56 Å². The van der Waals surface area contributed by atoms with Gasteiger partial charge in [0.1, 0.15) is 5.56 Å². The lowest BCUT2D eigenvalue weighted by Crippen LogP contribution is -2.35. The number of aldehydes is 1. The van der Waals surface area contributed by atoms with Crippen molar-refractivity contribution in [3.63, 3.8) is 0 Å². The number of benzene rings is 2. The van der Waals surface area contributed by atoms with Gasteiger partial charge in [-0.3, -0.25) is 9.59 Å². The van der Waals surface area contributed by atoms with Crippen LogP contribution in [0.4, 0.5) is 0 Å². The lowest BCUT2D eigenvalue weighted by molar-refractivity contribution is -0.129. The summed E-state index contributed by atoms with van der Waals surface area (Å²) < 4.78 is 26.2. The van der Waals surface area contributed by atoms with Crippen LogP contribution in [0, 0.1) is 0 Å². The van der Waals surface area contributed by atoms with E-state index in [1.807, 2.05) is 0 Å². The van der Waals surface area contributed by atoms with Gasteiger partial charge in [-0.2, -0.15) is 0 Å². The van der Waals surface area contributed by atoms with Gasteiger partial charge in [-0.15, -0.1) is 0 Å². The molecule has 3 rings (SSSR count). The lowest BCUT2D eigenvalue weighted by Gasteiger charge is -2.17. The molecule has 1 aliphatic heterocycles. The highest BCUT2D eigenvalue weighted by Crippen LogP contribution is 2.34. The van der Waals surface area contributed by atoms with Crippen molar-refractivity contribution in [3.05, 3.63) is 47.0 Å². The minimum Gasteiger partial charge on any atom is -0.493 e. The van der Waals surface area contributed by atoms with Gasteiger partial charge >= 0.3 is 5.97 Å². The van der Waals surface area contributed by atoms with Crippen LogP contribution in [0.2, 0.25) is 0 Å². The van der Waals surface area contributed by atoms with Crippen LogP contribution in [0.5, 0.6) is 23.0 Å². The Morgan fingerprint density at radius 1 is 1.13 bits per heavy atom. The van der Waals surface area contributed by atoms with Crippen LogP contribution in [0.3, 0.4) is 0 Å². The fraction of sp³-hybridized carbons (Fsp3) is 0.286. The third-order valence-corrected chi connectivity index (χ3v) is 4.47. The maximum Gasteiger partial charge on any atom is 0.343 e. The first-order valence-corrected chi connectivity index (χ1v) is 9.05. The van der Waals surface area contributed by atoms with Crippen LogP contribution < -0.4 is 24.3 Å². The maximum atomic E-state index is 12.7. The van der Waals surface area contributed by atoms with Gasteiger partial charge in [0.25, 0.3) is 5.91 Å². The predicted octanol–water partition coefficient (Wildman–Crippen LogP) is 2.11. The Morgan fingerprint density at radius 3 is 2.60 bits per heavy atom. The minimum atomic E-state index is -1.11. The van der Waals surface area contributed by atoms with E-state index in [9.17, 15) is 14.4 Å². The summed E-state index contributed by atoms with van der Waals surface area (Å²) in [6.07, 6.45) is -0.606. The zero-order valence-corrected chi connectivity index (χ0v) is 16.7. The highest BCUT2D eigenvalue weighted by atomic mass is 16.7. The topological polar surface area (TPSA) is 109 Å². The van der Waals surface area contributed by atoms with Crippen LogP contribution in [0.15, 0.2) is 30.3 Å². The number of nitrogens with one attached hydrogen (secondary N) is 1. The van der Waals surface area contributed by atoms with E-state index < -0.39 is 18.0 Å². The molecule has 1 aliphatic rings. The number of hydrogen-bond acceptors (Lipinski definition) is 8. The van der Waals surface area contributed by atoms with Crippen LogP contribution in [-0.2, 0) is 16.1 Å². The van der Waals surface area contributed by atoms with E-state index in [1.165, 1.54) is 33.3 Å². The summed E-state index contributed by atoms with van der Waals surface area (Å²) in [7, 11) is 2.74. The van der Waals surface area contributed by atoms with Gasteiger partial charge in [-0.25, -0.2) is 4.79 Å². The Kier molecular flexibility index (Phi) is 6.41. The van der Waals surface area contributed by atoms with Crippen molar-refractivity contribution in [1.82, 2.24) is 5.32 Å². The molecule has 0 saturated heterocycles. The second-order valence-corrected chi connectivity index (χ2v) is 6.34. The molecular weight excluding hydrogens is 394 g/mol. The molecule has 0 aromatic heterocycles. The number of methoxy groups -OCH3 is 2. The molecule has 30 heavy (non-hydrogen) atoms. The molecule has 1 amide bonds. The smallest absolute Gasteiger partial charge is 0.343 e. The Balaban J connectivity index is 1.66. The van der Waals surface area contributed by atoms with Crippen molar-refractivity contribution in [3.8, 4) is 23.0 Å². The summed E-state index contributed by atoms with van der Waals surface area (Å²) in [6, 6.07) is 8.22. The SMILES string of the molecule is COc1ccc(C=O)c(C(=O)O[C@@H](C)C(=O)NCc2ccc3c(c2)OCO3)c1OC. The molecule has 9 heteroatoms. The third-order valence-electron chi connectivity index (χ3n) is 4.47. The standard InChI is InChI=1S/C21H21NO8/c1-12(20(24)22-9-13-4-6-15-17(8-13)29-11-28-15)30-21(25)18-14(10-23)5-7-16(26-2)19(18)27-3/h4-8,10,12H,9,11H2,1-3H3,(H,22,24)/t12-/m0/s1. The first-order valence-electron chi connectivity index (χ1n) is 9.05. The van der Waals surface area contributed by atoms with Crippen molar-refractivity contribution in [2.24, 2.45) is 0 Å². The van der Waals surface area contributed by atoms with Gasteiger partial charge in [0.05, 0.1) is 14.2 Å². The van der Waals surface area contributed by atoms with Gasteiger partial charge in [0.2, 0.25) is 6.79 Å². The van der Waals surface area contributed by atoms with Crippen LogP contribution in [0.25, 0.3) is 0 Å². The zero-order valence-electron chi connectivity index (χ0n) is 16.7. The number of esters is 1. The number of carbonyl (C=O) groups is 3. The molecule has 0 unspecified atom stereocenters. The number of amides is 1. The van der Waals surface area contributed by atoms with E-state index in [1.54, 1.807) is 18.2 Å². The summed E-state index contributed by atoms with van der Waals surface area (Å²) in [5.41, 5.74) is 0.747. The van der Waals surface area contributed by atoms with Crippen molar-refractivity contribution in [1.29, 1.82) is 0 Å². The molecule has 1 heterocycles. The number of ether oxygens (including phenoxy) is 5. The predicted molar refractivity (Wildman–Crippen MR) is 104 cm³/mol. The third kappa shape index (κ3) is 4.29. The van der Waals surface area contributed by atoms with E-state index in [2.05, 4.69) is 5.32 Å². The molecule has 0 aliphatic carbocycles. The molecule has 1 N–H and O–H groups in total. The van der Waals surface area contributed by atoms with Crippen LogP contribution in [0.1, 0.15) is 33.2 Å². The van der Waals surface area contributed by atoms with Crippen molar-refractivity contribution >= 4 is 18.2 Å². The largest absolute Gasteiger partial charge is 0.493 e. The number of fused-ring (bicyclic) bond motifs is 1. The highest BCUT2D eigenvalue weighted by Gasteiger charge is 2.26. The molecule has 1 atom stereocenters. The van der Waals surface area contributed by atoms with Crippen molar-refractivity contribution in [2.75, 3.05) is 21.0 Å². The van der Waals surface area contributed by atoms with Crippen LogP contribution in [-0.4, -0.2) is 45.3 Å². The Bertz CT molecular complexity index is 972. The molecule has 2 aromatic rings. The summed E-state index contributed by atoms with van der Waals surface area (Å²) in [4.78, 5) is 36.4. The highest BCUT2D eigenvalue weighted by molar-refractivity contribution is 6.02. The van der Waals surface area contributed by atoms with Crippen molar-refractivity contribution in [2.45, 2.75) is 19.6 Å². The molecule has 0 radical (unpaired) electrons. The second-order valence-electron chi connectivity index (χ2n) is 6.34. The first-order chi connectivity index (χ1) is 14.5. The Labute approximate surface area is 172 Å². The monoisotopic (exact) mass is 415 g/mol. The average Bonchev–Trinajstić information content (AvgIpc) is 3.23. The second kappa shape index (κ2) is 9.17. The summed E-state index contributed by atoms with van der Waals surface area (Å²) in [5.74, 6) is 0.183. The summed E-state index contributed by atoms with van der Waals surface area (Å²) in [6.45, 7) is 1.80. The summed E-state index contributed by atoms with van der Waals surface area (Å²) in [5, 5.41) is 2.69. The minimum absolute atomic E-state index is 0.0556. The Hall–Kier alpha value is -3.75. The molecule has 0 spiro atoms. The van der Waals surface area contributed by atoms with Gasteiger partial charge in [0, 0.05) is 12.1 Å². The lowest BCUT2D eigenvalue weighted by atomic mass is 10.1. The van der Waals surface area contributed by atoms with Crippen LogP contribution >= 0.6 is 0 Å². The number of rotatable bonds is 8. The molecular formula is C21H21NO8. The van der Waals surface area contributed by atoms with E-state index in [0.29, 0.717) is 17.8 Å². The molecule has 158 valence electrons. The fourth-order valence-corrected chi connectivity index (χ4v) is 2.91. The quantitative estimate of drug-likeness (QED) is 0.516. The first kappa shape index (κ1) is 21.0. The van der Waals surface area contributed by atoms with E-state index in [-0.39, 0.29) is 36.0 Å². The molecule has 0 saturated carbocycles. The van der Waals surface area contributed by atoms with Crippen molar-refractivity contribution < 1.29 is 38.1 Å². The van der Waals surface area contributed by atoms with Gasteiger partial charge in [0.15, 0.2) is 35.4 Å². The number of hydrogen-bond donors (Lipinski definition) is 1. The average molecular weight is 415 g/mol. The normalized spacial score (nSPS) is 12.6. The molecule has 0 bridgehead atoms. The molecule has 9 nitrogen and oxygen atoms in total.